The molecular formula is C95H62F8N2. The number of fused-ring (bicyclic) bond motifs is 16. The predicted octanol–water partition coefficient (Wildman–Crippen LogP) is 25.3. The minimum absolute atomic E-state index is 0.112. The van der Waals surface area contributed by atoms with Crippen LogP contribution in [0.5, 0.6) is 0 Å². The molecule has 0 saturated heterocycles. The Balaban J connectivity index is 0.896. The lowest BCUT2D eigenvalue weighted by Gasteiger charge is -2.36. The van der Waals surface area contributed by atoms with E-state index in [0.29, 0.717) is 22.3 Å². The lowest BCUT2D eigenvalue weighted by Crippen LogP contribution is -2.30. The van der Waals surface area contributed by atoms with Crippen LogP contribution in [0.4, 0.5) is 69.2 Å². The van der Waals surface area contributed by atoms with Crippen molar-refractivity contribution >= 4 is 46.3 Å². The summed E-state index contributed by atoms with van der Waals surface area (Å²) in [4.78, 5) is 2.49. The van der Waals surface area contributed by atoms with Gasteiger partial charge in [-0.25, -0.2) is 35.1 Å². The van der Waals surface area contributed by atoms with E-state index < -0.39 is 74.2 Å². The van der Waals surface area contributed by atoms with Gasteiger partial charge in [-0.2, -0.15) is 0 Å². The van der Waals surface area contributed by atoms with Gasteiger partial charge in [-0.15, -0.1) is 0 Å². The highest BCUT2D eigenvalue weighted by molar-refractivity contribution is 5.99. The van der Waals surface area contributed by atoms with Crippen molar-refractivity contribution in [1.29, 1.82) is 0 Å². The molecule has 2 atom stereocenters. The van der Waals surface area contributed by atoms with Crippen molar-refractivity contribution in [2.45, 2.75) is 43.9 Å². The van der Waals surface area contributed by atoms with Crippen LogP contribution >= 0.6 is 0 Å². The van der Waals surface area contributed by atoms with Gasteiger partial charge in [-0.05, 0) is 210 Å². The molecule has 0 saturated carbocycles. The summed E-state index contributed by atoms with van der Waals surface area (Å²) in [6.45, 7) is 16.2. The van der Waals surface area contributed by atoms with Crippen molar-refractivity contribution in [3.63, 3.8) is 0 Å². The third-order valence-corrected chi connectivity index (χ3v) is 22.5. The zero-order valence-electron chi connectivity index (χ0n) is 57.4. The van der Waals surface area contributed by atoms with Gasteiger partial charge in [0.1, 0.15) is 11.4 Å². The molecule has 4 aliphatic carbocycles. The van der Waals surface area contributed by atoms with Crippen molar-refractivity contribution in [2.24, 2.45) is 0 Å². The van der Waals surface area contributed by atoms with Crippen LogP contribution in [0.2, 0.25) is 0 Å². The monoisotopic (exact) mass is 1380 g/mol. The van der Waals surface area contributed by atoms with Crippen LogP contribution in [-0.4, -0.2) is 0 Å². The molecule has 0 aromatic heterocycles. The Kier molecular flexibility index (Phi) is 14.7. The Morgan fingerprint density at radius 1 is 0.257 bits per heavy atom. The SMILES string of the molecule is C=Cc1ccc(C2(c3cc(C)ccc3C)c3ccccc3-c3ccc(N(c4ccc5c(c4)C4(c6ccccc6-5)c5ccccc5-c5ccc(N(c6ccc7c(c6)C(c6ccc(C=C)cc6)(c6cc(C)ccc6C)c6ccccc6-7)c6c(F)c(F)cc(F)c6F)cc54)c4c(F)c(F)cc(F)c4F)cc32)cc1. The van der Waals surface area contributed by atoms with Crippen LogP contribution in [-0.2, 0) is 16.2 Å². The summed E-state index contributed by atoms with van der Waals surface area (Å²) in [6.07, 6.45) is 3.54. The Labute approximate surface area is 603 Å². The first kappa shape index (κ1) is 64.7. The van der Waals surface area contributed by atoms with E-state index in [0.717, 1.165) is 122 Å². The topological polar surface area (TPSA) is 6.48 Å². The maximum atomic E-state index is 17.6. The molecule has 4 aliphatic rings. The summed E-state index contributed by atoms with van der Waals surface area (Å²) < 4.78 is 136. The molecular weight excluding hydrogens is 1320 g/mol. The first-order valence-corrected chi connectivity index (χ1v) is 34.8. The zero-order chi connectivity index (χ0) is 72.3. The minimum Gasteiger partial charge on any atom is -0.305 e. The second-order valence-corrected chi connectivity index (χ2v) is 27.9. The number of rotatable bonds is 12. The van der Waals surface area contributed by atoms with E-state index >= 15 is 35.1 Å². The average molecular weight is 1380 g/mol. The van der Waals surface area contributed by atoms with E-state index in [1.165, 1.54) is 9.80 Å². The van der Waals surface area contributed by atoms with Crippen LogP contribution in [0.3, 0.4) is 0 Å². The van der Waals surface area contributed by atoms with E-state index in [1.54, 1.807) is 48.6 Å². The molecule has 14 aromatic carbocycles. The number of benzene rings is 14. The summed E-state index contributed by atoms with van der Waals surface area (Å²) in [5.41, 5.74) is 16.8. The van der Waals surface area contributed by atoms with E-state index in [4.69, 9.17) is 0 Å². The van der Waals surface area contributed by atoms with Crippen molar-refractivity contribution in [3.05, 3.63) is 427 Å². The average Bonchev–Trinajstić information content (AvgIpc) is 1.52. The van der Waals surface area contributed by atoms with Gasteiger partial charge in [0.05, 0.1) is 16.2 Å². The summed E-state index contributed by atoms with van der Waals surface area (Å²) >= 11 is 0. The molecule has 0 fully saturated rings. The lowest BCUT2D eigenvalue weighted by atomic mass is 9.66. The van der Waals surface area contributed by atoms with Crippen molar-refractivity contribution in [3.8, 4) is 44.5 Å². The fourth-order valence-corrected chi connectivity index (χ4v) is 18.1. The van der Waals surface area contributed by atoms with Crippen molar-refractivity contribution < 1.29 is 35.1 Å². The van der Waals surface area contributed by atoms with Gasteiger partial charge in [0, 0.05) is 34.9 Å². The predicted molar refractivity (Wildman–Crippen MR) is 406 cm³/mol. The fourth-order valence-electron chi connectivity index (χ4n) is 18.1. The molecule has 0 N–H and O–H groups in total. The molecule has 2 unspecified atom stereocenters. The molecule has 0 aliphatic heterocycles. The van der Waals surface area contributed by atoms with E-state index in [9.17, 15) is 0 Å². The first-order chi connectivity index (χ1) is 50.9. The molecule has 508 valence electrons. The lowest BCUT2D eigenvalue weighted by molar-refractivity contribution is 0.457. The number of nitrogens with zero attached hydrogens (tertiary/aromatic N) is 2. The normalized spacial score (nSPS) is 16.6. The standard InChI is InChI=1S/C95H62F8N2/c1-7-57-29-33-59(34-30-57)93(77-45-53(3)25-27-55(77)5)73-21-13-9-17-65(73)69-41-37-61(47-79(69)93)104(91-87(100)83(96)51-84(97)88(91)101)63-39-43-71-67-19-11-15-23-75(67)95(81(71)49-63)76-24-16-12-20-68(76)72-44-40-64(50-82(72)95)105(92-89(102)85(98)52-86(99)90(92)103)62-38-42-70-66-18-10-14-22-74(66)94(80(70)48-62,60-35-31-58(8-2)32-36-60)78-46-54(4)26-28-56(78)6/h7-52H,1-2H2,3-6H3. The number of aryl methyl sites for hydroxylation is 4. The van der Waals surface area contributed by atoms with Crippen LogP contribution < -0.4 is 9.80 Å². The molecule has 14 aromatic rings. The van der Waals surface area contributed by atoms with Gasteiger partial charge in [0.25, 0.3) is 0 Å². The Morgan fingerprint density at radius 3 is 0.819 bits per heavy atom. The highest BCUT2D eigenvalue weighted by Gasteiger charge is 2.54. The van der Waals surface area contributed by atoms with Crippen LogP contribution in [0.1, 0.15) is 100 Å². The van der Waals surface area contributed by atoms with E-state index in [1.807, 2.05) is 147 Å². The van der Waals surface area contributed by atoms with Crippen LogP contribution in [0.25, 0.3) is 56.7 Å². The Hall–Kier alpha value is -12.4. The second-order valence-electron chi connectivity index (χ2n) is 27.9. The molecule has 0 amide bonds. The van der Waals surface area contributed by atoms with Crippen LogP contribution in [0, 0.1) is 74.2 Å². The van der Waals surface area contributed by atoms with E-state index in [-0.39, 0.29) is 34.9 Å². The Morgan fingerprint density at radius 2 is 0.524 bits per heavy atom. The van der Waals surface area contributed by atoms with Crippen molar-refractivity contribution in [2.75, 3.05) is 9.80 Å². The van der Waals surface area contributed by atoms with Gasteiger partial charge in [-0.1, -0.05) is 243 Å². The largest absolute Gasteiger partial charge is 0.305 e. The maximum absolute atomic E-state index is 17.6. The van der Waals surface area contributed by atoms with Gasteiger partial charge in [0.15, 0.2) is 46.5 Å². The molecule has 105 heavy (non-hydrogen) atoms. The summed E-state index contributed by atoms with van der Waals surface area (Å²) in [5.74, 6) is -13.0. The van der Waals surface area contributed by atoms with Gasteiger partial charge in [0.2, 0.25) is 0 Å². The molecule has 0 heterocycles. The number of hydrogen-bond donors (Lipinski definition) is 0. The van der Waals surface area contributed by atoms with Crippen LogP contribution in [0.15, 0.2) is 280 Å². The summed E-state index contributed by atoms with van der Waals surface area (Å²) in [7, 11) is 0. The van der Waals surface area contributed by atoms with Gasteiger partial charge in [-0.3, -0.25) is 0 Å². The molecule has 18 rings (SSSR count). The highest BCUT2D eigenvalue weighted by atomic mass is 19.2. The first-order valence-electron chi connectivity index (χ1n) is 34.8. The highest BCUT2D eigenvalue weighted by Crippen LogP contribution is 2.66. The minimum atomic E-state index is -1.64. The number of anilines is 6. The molecule has 1 spiro atoms. The molecule has 0 bridgehead atoms. The molecule has 2 nitrogen and oxygen atoms in total. The smallest absolute Gasteiger partial charge is 0.186 e. The number of halogens is 8. The second kappa shape index (κ2) is 23.8. The summed E-state index contributed by atoms with van der Waals surface area (Å²) in [5, 5.41) is 0. The van der Waals surface area contributed by atoms with Gasteiger partial charge >= 0.3 is 0 Å². The third kappa shape index (κ3) is 9.02. The maximum Gasteiger partial charge on any atom is 0.186 e. The Bertz CT molecular complexity index is 5670. The van der Waals surface area contributed by atoms with E-state index in [2.05, 4.69) is 112 Å². The third-order valence-electron chi connectivity index (χ3n) is 22.5. The molecule has 0 radical (unpaired) electrons. The van der Waals surface area contributed by atoms with Crippen molar-refractivity contribution in [1.82, 2.24) is 0 Å². The fraction of sp³-hybridized carbons (Fsp3) is 0.0737. The van der Waals surface area contributed by atoms with Gasteiger partial charge < -0.3 is 9.80 Å². The summed E-state index contributed by atoms with van der Waals surface area (Å²) in [6, 6.07) is 82.6. The number of hydrogen-bond acceptors (Lipinski definition) is 2. The molecule has 10 heteroatoms. The quantitative estimate of drug-likeness (QED) is 0.0888. The zero-order valence-corrected chi connectivity index (χ0v) is 57.4.